The smallest absolute Gasteiger partial charge is 0.264 e. The molecule has 3 aliphatic rings. The number of aromatic nitrogens is 4. The highest BCUT2D eigenvalue weighted by atomic mass is 19.3. The molecule has 6 rings (SSSR count). The lowest BCUT2D eigenvalue weighted by atomic mass is 9.94. The molecule has 0 radical (unpaired) electrons. The molecule has 0 aliphatic carbocycles. The summed E-state index contributed by atoms with van der Waals surface area (Å²) >= 11 is 0. The molecule has 1 fully saturated rings. The first-order chi connectivity index (χ1) is 19.7. The zero-order valence-corrected chi connectivity index (χ0v) is 23.1. The number of nitrogens with zero attached hydrogens (tertiary/aromatic N) is 7. The molecule has 41 heavy (non-hydrogen) atoms. The lowest BCUT2D eigenvalue weighted by molar-refractivity contribution is -0.129. The van der Waals surface area contributed by atoms with Crippen molar-refractivity contribution in [1.29, 1.82) is 0 Å². The molecule has 3 aromatic rings. The molecular formula is C29H33F4N7O. The zero-order chi connectivity index (χ0) is 28.8. The SMILES string of the molecule is CC(=O)N1CCc2c(c(N3C=CCc4cc(-c5cnn(C)c5)c(C(F)F)cc43)nn2C2CCN(CC(F)F)CC2)C1. The Morgan fingerprint density at radius 2 is 1.90 bits per heavy atom. The van der Waals surface area contributed by atoms with Gasteiger partial charge in [0.05, 0.1) is 31.0 Å². The molecule has 0 unspecified atom stereocenters. The van der Waals surface area contributed by atoms with Crippen LogP contribution in [0.25, 0.3) is 11.1 Å². The van der Waals surface area contributed by atoms with Gasteiger partial charge in [0, 0.05) is 74.8 Å². The van der Waals surface area contributed by atoms with Gasteiger partial charge in [0.2, 0.25) is 5.91 Å². The summed E-state index contributed by atoms with van der Waals surface area (Å²) in [5.41, 5.74) is 4.44. The van der Waals surface area contributed by atoms with Gasteiger partial charge >= 0.3 is 0 Å². The van der Waals surface area contributed by atoms with Crippen LogP contribution in [0.2, 0.25) is 0 Å². The molecule has 1 saturated heterocycles. The van der Waals surface area contributed by atoms with E-state index in [0.29, 0.717) is 74.5 Å². The fourth-order valence-corrected chi connectivity index (χ4v) is 6.31. The van der Waals surface area contributed by atoms with E-state index in [4.69, 9.17) is 5.10 Å². The number of hydrogen-bond donors (Lipinski definition) is 0. The summed E-state index contributed by atoms with van der Waals surface area (Å²) in [7, 11) is 1.75. The minimum absolute atomic E-state index is 0.0353. The van der Waals surface area contributed by atoms with E-state index >= 15 is 0 Å². The number of rotatable bonds is 6. The first-order valence-corrected chi connectivity index (χ1v) is 14.0. The second-order valence-corrected chi connectivity index (χ2v) is 11.0. The van der Waals surface area contributed by atoms with Crippen LogP contribution in [0.5, 0.6) is 0 Å². The van der Waals surface area contributed by atoms with Gasteiger partial charge in [-0.1, -0.05) is 6.08 Å². The number of alkyl halides is 4. The molecule has 1 aromatic carbocycles. The third kappa shape index (κ3) is 5.25. The van der Waals surface area contributed by atoms with E-state index in [9.17, 15) is 22.4 Å². The fraction of sp³-hybridized carbons (Fsp3) is 0.483. The maximum atomic E-state index is 14.4. The third-order valence-corrected chi connectivity index (χ3v) is 8.39. The maximum absolute atomic E-state index is 14.4. The van der Waals surface area contributed by atoms with Crippen LogP contribution in [0.4, 0.5) is 29.1 Å². The Kier molecular flexibility index (Phi) is 7.35. The summed E-state index contributed by atoms with van der Waals surface area (Å²) < 4.78 is 58.3. The Hall–Kier alpha value is -3.67. The van der Waals surface area contributed by atoms with Crippen molar-refractivity contribution in [3.8, 4) is 11.1 Å². The molecule has 0 saturated carbocycles. The maximum Gasteiger partial charge on any atom is 0.264 e. The third-order valence-electron chi connectivity index (χ3n) is 8.39. The Morgan fingerprint density at radius 3 is 2.56 bits per heavy atom. The van der Waals surface area contributed by atoms with Crippen molar-refractivity contribution in [2.75, 3.05) is 31.1 Å². The van der Waals surface area contributed by atoms with Crippen LogP contribution < -0.4 is 4.90 Å². The van der Waals surface area contributed by atoms with E-state index in [1.165, 1.54) is 0 Å². The van der Waals surface area contributed by atoms with Gasteiger partial charge in [-0.15, -0.1) is 0 Å². The molecule has 1 amide bonds. The molecule has 0 atom stereocenters. The van der Waals surface area contributed by atoms with Crippen molar-refractivity contribution in [3.05, 3.63) is 59.2 Å². The van der Waals surface area contributed by atoms with Crippen LogP contribution in [0.1, 0.15) is 54.6 Å². The Balaban J connectivity index is 1.41. The van der Waals surface area contributed by atoms with E-state index in [-0.39, 0.29) is 24.1 Å². The first kappa shape index (κ1) is 27.5. The number of fused-ring (bicyclic) bond motifs is 2. The molecule has 3 aliphatic heterocycles. The van der Waals surface area contributed by atoms with Gasteiger partial charge in [0.25, 0.3) is 12.9 Å². The number of anilines is 2. The number of benzene rings is 1. The number of allylic oxidation sites excluding steroid dienone is 1. The average molecular weight is 572 g/mol. The van der Waals surface area contributed by atoms with Gasteiger partial charge in [-0.25, -0.2) is 17.6 Å². The predicted octanol–water partition coefficient (Wildman–Crippen LogP) is 5.24. The average Bonchev–Trinajstić information content (AvgIpc) is 3.55. The van der Waals surface area contributed by atoms with Crippen molar-refractivity contribution in [1.82, 2.24) is 29.4 Å². The standard InChI is InChI=1S/C29H33F4N7O/c1-18(41)38-11-7-25-24(16-38)29(35-40(25)21-5-9-37(10-6-21)17-27(30)31)39-8-3-4-19-12-22(20-14-34-36(2)15-20)23(28(32)33)13-26(19)39/h3,8,12-15,21,27-28H,4-7,9-11,16-17H2,1-2H3. The number of piperidine rings is 1. The number of likely N-dealkylation sites (tertiary alicyclic amines) is 1. The van der Waals surface area contributed by atoms with Crippen LogP contribution in [0.15, 0.2) is 36.8 Å². The summed E-state index contributed by atoms with van der Waals surface area (Å²) in [6.07, 6.45) is 4.68. The number of amides is 1. The lowest BCUT2D eigenvalue weighted by Crippen LogP contribution is -2.39. The van der Waals surface area contributed by atoms with Crippen molar-refractivity contribution in [2.45, 2.75) is 58.0 Å². The monoisotopic (exact) mass is 571 g/mol. The molecule has 0 spiro atoms. The highest BCUT2D eigenvalue weighted by molar-refractivity contribution is 5.79. The van der Waals surface area contributed by atoms with E-state index in [1.807, 2.05) is 27.9 Å². The molecule has 0 N–H and O–H groups in total. The van der Waals surface area contributed by atoms with Crippen molar-refractivity contribution >= 4 is 17.4 Å². The predicted molar refractivity (Wildman–Crippen MR) is 146 cm³/mol. The normalized spacial score (nSPS) is 18.0. The Morgan fingerprint density at radius 1 is 1.12 bits per heavy atom. The van der Waals surface area contributed by atoms with Crippen LogP contribution in [-0.2, 0) is 31.2 Å². The van der Waals surface area contributed by atoms with Gasteiger partial charge in [-0.3, -0.25) is 19.1 Å². The molecule has 12 heteroatoms. The minimum atomic E-state index is -2.69. The first-order valence-electron chi connectivity index (χ1n) is 14.0. The molecule has 5 heterocycles. The number of halogens is 4. The Bertz CT molecular complexity index is 1470. The second kappa shape index (κ2) is 11.0. The highest BCUT2D eigenvalue weighted by Gasteiger charge is 2.34. The fourth-order valence-electron chi connectivity index (χ4n) is 6.31. The number of hydrogen-bond acceptors (Lipinski definition) is 5. The lowest BCUT2D eigenvalue weighted by Gasteiger charge is -2.33. The van der Waals surface area contributed by atoms with E-state index in [1.54, 1.807) is 46.9 Å². The van der Waals surface area contributed by atoms with Crippen molar-refractivity contribution < 1.29 is 22.4 Å². The van der Waals surface area contributed by atoms with Crippen molar-refractivity contribution in [2.24, 2.45) is 7.05 Å². The van der Waals surface area contributed by atoms with Crippen LogP contribution in [-0.4, -0.2) is 67.9 Å². The molecule has 218 valence electrons. The summed E-state index contributed by atoms with van der Waals surface area (Å²) in [6.45, 7) is 3.36. The second-order valence-electron chi connectivity index (χ2n) is 11.0. The summed E-state index contributed by atoms with van der Waals surface area (Å²) in [6, 6.07) is 3.40. The van der Waals surface area contributed by atoms with Crippen LogP contribution in [0, 0.1) is 0 Å². The van der Waals surface area contributed by atoms with Gasteiger partial charge < -0.3 is 9.80 Å². The number of aryl methyl sites for hydroxylation is 1. The van der Waals surface area contributed by atoms with Crippen LogP contribution >= 0.6 is 0 Å². The van der Waals surface area contributed by atoms with E-state index in [2.05, 4.69) is 5.10 Å². The summed E-state index contributed by atoms with van der Waals surface area (Å²) in [5, 5.41) is 9.23. The van der Waals surface area contributed by atoms with E-state index in [0.717, 1.165) is 16.8 Å². The van der Waals surface area contributed by atoms with Crippen molar-refractivity contribution in [3.63, 3.8) is 0 Å². The minimum Gasteiger partial charge on any atom is -0.338 e. The zero-order valence-electron chi connectivity index (χ0n) is 23.1. The van der Waals surface area contributed by atoms with Gasteiger partial charge in [0.1, 0.15) is 0 Å². The number of carbonyl (C=O) groups excluding carboxylic acids is 1. The molecule has 2 aromatic heterocycles. The molecule has 8 nitrogen and oxygen atoms in total. The highest BCUT2D eigenvalue weighted by Crippen LogP contribution is 2.43. The van der Waals surface area contributed by atoms with E-state index < -0.39 is 12.9 Å². The Labute approximate surface area is 235 Å². The summed E-state index contributed by atoms with van der Waals surface area (Å²) in [4.78, 5) is 17.8. The molecular weight excluding hydrogens is 538 g/mol. The van der Waals surface area contributed by atoms with Crippen LogP contribution in [0.3, 0.4) is 0 Å². The van der Waals surface area contributed by atoms with Gasteiger partial charge in [-0.2, -0.15) is 10.2 Å². The molecule has 0 bridgehead atoms. The largest absolute Gasteiger partial charge is 0.338 e. The van der Waals surface area contributed by atoms with Gasteiger partial charge in [-0.05, 0) is 42.5 Å². The summed E-state index contributed by atoms with van der Waals surface area (Å²) in [5.74, 6) is 0.581. The number of carbonyl (C=O) groups is 1. The quantitative estimate of drug-likeness (QED) is 0.379. The van der Waals surface area contributed by atoms with Gasteiger partial charge in [0.15, 0.2) is 5.82 Å². The topological polar surface area (TPSA) is 62.4 Å².